The highest BCUT2D eigenvalue weighted by atomic mass is 16.5. The van der Waals surface area contributed by atoms with Gasteiger partial charge in [0.1, 0.15) is 0 Å². The normalized spacial score (nSPS) is 23.3. The Bertz CT molecular complexity index is 557. The van der Waals surface area contributed by atoms with Gasteiger partial charge in [0.2, 0.25) is 5.89 Å². The van der Waals surface area contributed by atoms with E-state index in [4.69, 9.17) is 9.26 Å². The van der Waals surface area contributed by atoms with E-state index < -0.39 is 0 Å². The van der Waals surface area contributed by atoms with Crippen LogP contribution < -0.4 is 0 Å². The molecule has 0 saturated carbocycles. The zero-order valence-electron chi connectivity index (χ0n) is 11.7. The summed E-state index contributed by atoms with van der Waals surface area (Å²) in [6, 6.07) is 4.13. The molecule has 6 heteroatoms. The van der Waals surface area contributed by atoms with E-state index >= 15 is 0 Å². The van der Waals surface area contributed by atoms with E-state index in [1.165, 1.54) is 5.56 Å². The molecule has 2 atom stereocenters. The van der Waals surface area contributed by atoms with E-state index in [2.05, 4.69) is 26.1 Å². The molecule has 1 saturated heterocycles. The van der Waals surface area contributed by atoms with Crippen molar-refractivity contribution in [3.63, 3.8) is 0 Å². The molecule has 1 aliphatic heterocycles. The first-order chi connectivity index (χ1) is 9.76. The largest absolute Gasteiger partial charge is 0.380 e. The van der Waals surface area contributed by atoms with Gasteiger partial charge in [0.15, 0.2) is 5.82 Å². The van der Waals surface area contributed by atoms with E-state index in [-0.39, 0.29) is 12.1 Å². The van der Waals surface area contributed by atoms with Crippen molar-refractivity contribution in [2.45, 2.75) is 32.0 Å². The molecule has 106 valence electrons. The van der Waals surface area contributed by atoms with Crippen LogP contribution in [0.3, 0.4) is 0 Å². The summed E-state index contributed by atoms with van der Waals surface area (Å²) in [5, 5.41) is 3.89. The van der Waals surface area contributed by atoms with Crippen LogP contribution >= 0.6 is 0 Å². The minimum atomic E-state index is 0.112. The number of pyridine rings is 1. The Morgan fingerprint density at radius 3 is 3.05 bits per heavy atom. The predicted octanol–water partition coefficient (Wildman–Crippen LogP) is 1.74. The van der Waals surface area contributed by atoms with Crippen molar-refractivity contribution in [2.75, 3.05) is 13.7 Å². The van der Waals surface area contributed by atoms with Gasteiger partial charge in [0, 0.05) is 32.6 Å². The van der Waals surface area contributed by atoms with Crippen molar-refractivity contribution >= 4 is 0 Å². The Morgan fingerprint density at radius 2 is 2.40 bits per heavy atom. The molecule has 1 fully saturated rings. The van der Waals surface area contributed by atoms with Crippen LogP contribution in [0.2, 0.25) is 0 Å². The first-order valence-electron chi connectivity index (χ1n) is 6.72. The zero-order chi connectivity index (χ0) is 13.9. The molecule has 0 spiro atoms. The third-order valence-corrected chi connectivity index (χ3v) is 3.64. The Hall–Kier alpha value is -1.79. The maximum Gasteiger partial charge on any atom is 0.244 e. The molecule has 1 aliphatic rings. The van der Waals surface area contributed by atoms with Crippen LogP contribution in [0.15, 0.2) is 29.0 Å². The maximum absolute atomic E-state index is 5.49. The molecular weight excluding hydrogens is 256 g/mol. The molecule has 0 N–H and O–H groups in total. The van der Waals surface area contributed by atoms with Crippen LogP contribution in [-0.2, 0) is 11.3 Å². The van der Waals surface area contributed by atoms with Gasteiger partial charge in [-0.05, 0) is 25.0 Å². The summed E-state index contributed by atoms with van der Waals surface area (Å²) >= 11 is 0. The van der Waals surface area contributed by atoms with Crippen molar-refractivity contribution in [3.8, 4) is 0 Å². The second kappa shape index (κ2) is 5.68. The topological polar surface area (TPSA) is 64.3 Å². The molecule has 0 amide bonds. The zero-order valence-corrected chi connectivity index (χ0v) is 11.7. The fourth-order valence-corrected chi connectivity index (χ4v) is 2.64. The number of rotatable bonds is 4. The van der Waals surface area contributed by atoms with Crippen molar-refractivity contribution in [2.24, 2.45) is 0 Å². The molecule has 0 radical (unpaired) electrons. The molecule has 0 unspecified atom stereocenters. The minimum absolute atomic E-state index is 0.112. The summed E-state index contributed by atoms with van der Waals surface area (Å²) < 4.78 is 10.8. The summed E-state index contributed by atoms with van der Waals surface area (Å²) in [5.41, 5.74) is 1.17. The number of aryl methyl sites for hydroxylation is 1. The smallest absolute Gasteiger partial charge is 0.244 e. The van der Waals surface area contributed by atoms with Gasteiger partial charge in [-0.2, -0.15) is 4.98 Å². The first-order valence-corrected chi connectivity index (χ1v) is 6.72. The summed E-state index contributed by atoms with van der Waals surface area (Å²) in [5.74, 6) is 1.34. The molecular formula is C14H18N4O2. The van der Waals surface area contributed by atoms with Gasteiger partial charge < -0.3 is 9.26 Å². The van der Waals surface area contributed by atoms with E-state index in [9.17, 15) is 0 Å². The van der Waals surface area contributed by atoms with Crippen molar-refractivity contribution in [1.82, 2.24) is 20.0 Å². The van der Waals surface area contributed by atoms with E-state index in [1.54, 1.807) is 13.3 Å². The Balaban J connectivity index is 1.79. The third kappa shape index (κ3) is 2.71. The van der Waals surface area contributed by atoms with E-state index in [1.807, 2.05) is 19.2 Å². The lowest BCUT2D eigenvalue weighted by Crippen LogP contribution is -2.25. The highest BCUT2D eigenvalue weighted by molar-refractivity contribution is 5.10. The predicted molar refractivity (Wildman–Crippen MR) is 71.8 cm³/mol. The van der Waals surface area contributed by atoms with E-state index in [0.717, 1.165) is 19.5 Å². The summed E-state index contributed by atoms with van der Waals surface area (Å²) in [6.45, 7) is 3.50. The number of methoxy groups -OCH3 is 1. The van der Waals surface area contributed by atoms with Gasteiger partial charge in [0.05, 0.1) is 12.1 Å². The molecule has 0 aromatic carbocycles. The lowest BCUT2D eigenvalue weighted by atomic mass is 10.2. The summed E-state index contributed by atoms with van der Waals surface area (Å²) in [7, 11) is 1.74. The average molecular weight is 274 g/mol. The number of ether oxygens (including phenoxy) is 1. The fraction of sp³-hybridized carbons (Fsp3) is 0.500. The van der Waals surface area contributed by atoms with Crippen molar-refractivity contribution < 1.29 is 9.26 Å². The maximum atomic E-state index is 5.49. The lowest BCUT2D eigenvalue weighted by Gasteiger charge is -2.20. The van der Waals surface area contributed by atoms with Gasteiger partial charge in [-0.1, -0.05) is 11.2 Å². The van der Waals surface area contributed by atoms with Crippen LogP contribution in [-0.4, -0.2) is 39.8 Å². The molecule has 6 nitrogen and oxygen atoms in total. The van der Waals surface area contributed by atoms with Gasteiger partial charge in [0.25, 0.3) is 0 Å². The monoisotopic (exact) mass is 274 g/mol. The molecule has 2 aromatic rings. The fourth-order valence-electron chi connectivity index (χ4n) is 2.64. The number of nitrogens with zero attached hydrogens (tertiary/aromatic N) is 4. The SMILES string of the molecule is CO[C@@H]1C[C@H](c2nc(C)no2)N(Cc2cccnc2)C1. The van der Waals surface area contributed by atoms with E-state index in [0.29, 0.717) is 11.7 Å². The van der Waals surface area contributed by atoms with Crippen molar-refractivity contribution in [3.05, 3.63) is 41.8 Å². The number of likely N-dealkylation sites (tertiary alicyclic amines) is 1. The quantitative estimate of drug-likeness (QED) is 0.846. The van der Waals surface area contributed by atoms with Gasteiger partial charge in [-0.15, -0.1) is 0 Å². The van der Waals surface area contributed by atoms with Crippen LogP contribution in [0.25, 0.3) is 0 Å². The first kappa shape index (κ1) is 13.2. The molecule has 20 heavy (non-hydrogen) atoms. The second-order valence-electron chi connectivity index (χ2n) is 5.08. The summed E-state index contributed by atoms with van der Waals surface area (Å²) in [4.78, 5) is 10.8. The molecule has 3 heterocycles. The standard InChI is InChI=1S/C14H18N4O2/c1-10-16-14(20-17-10)13-6-12(19-2)9-18(13)8-11-4-3-5-15-7-11/h3-5,7,12-13H,6,8-9H2,1-2H3/t12-,13-/m1/s1. The van der Waals surface area contributed by atoms with Gasteiger partial charge in [-0.3, -0.25) is 9.88 Å². The number of hydrogen-bond donors (Lipinski definition) is 0. The Labute approximate surface area is 117 Å². The molecule has 0 bridgehead atoms. The molecule has 0 aliphatic carbocycles. The average Bonchev–Trinajstić information content (AvgIpc) is 3.06. The van der Waals surface area contributed by atoms with Gasteiger partial charge in [-0.25, -0.2) is 0 Å². The summed E-state index contributed by atoms with van der Waals surface area (Å²) in [6.07, 6.45) is 4.74. The number of aromatic nitrogens is 3. The van der Waals surface area contributed by atoms with Crippen LogP contribution in [0.1, 0.15) is 29.7 Å². The highest BCUT2D eigenvalue weighted by Gasteiger charge is 2.36. The highest BCUT2D eigenvalue weighted by Crippen LogP contribution is 2.33. The third-order valence-electron chi connectivity index (χ3n) is 3.64. The van der Waals surface area contributed by atoms with Crippen LogP contribution in [0.5, 0.6) is 0 Å². The Kier molecular flexibility index (Phi) is 3.75. The Morgan fingerprint density at radius 1 is 1.50 bits per heavy atom. The van der Waals surface area contributed by atoms with Gasteiger partial charge >= 0.3 is 0 Å². The molecule has 2 aromatic heterocycles. The van der Waals surface area contributed by atoms with Crippen molar-refractivity contribution in [1.29, 1.82) is 0 Å². The van der Waals surface area contributed by atoms with Crippen LogP contribution in [0, 0.1) is 6.92 Å². The van der Waals surface area contributed by atoms with Crippen LogP contribution in [0.4, 0.5) is 0 Å². The lowest BCUT2D eigenvalue weighted by molar-refractivity contribution is 0.107. The number of hydrogen-bond acceptors (Lipinski definition) is 6. The second-order valence-corrected chi connectivity index (χ2v) is 5.08. The minimum Gasteiger partial charge on any atom is -0.380 e. The molecule has 3 rings (SSSR count).